The molecule has 168 valence electrons. The van der Waals surface area contributed by atoms with Gasteiger partial charge in [0.25, 0.3) is 5.56 Å². The zero-order valence-corrected chi connectivity index (χ0v) is 18.0. The van der Waals surface area contributed by atoms with Gasteiger partial charge >= 0.3 is 6.03 Å². The summed E-state index contributed by atoms with van der Waals surface area (Å²) >= 11 is 0. The molecule has 33 heavy (non-hydrogen) atoms. The van der Waals surface area contributed by atoms with Crippen LogP contribution in [0.25, 0.3) is 10.9 Å². The highest BCUT2D eigenvalue weighted by atomic mass is 19.1. The molecule has 4 rings (SSSR count). The maximum absolute atomic E-state index is 14.1. The lowest BCUT2D eigenvalue weighted by molar-refractivity contribution is 0.206. The van der Waals surface area contributed by atoms with E-state index in [1.54, 1.807) is 48.8 Å². The highest BCUT2D eigenvalue weighted by Gasteiger charge is 2.18. The molecule has 2 amide bonds. The van der Waals surface area contributed by atoms with Crippen LogP contribution in [-0.4, -0.2) is 27.5 Å². The van der Waals surface area contributed by atoms with E-state index in [-0.39, 0.29) is 24.3 Å². The summed E-state index contributed by atoms with van der Waals surface area (Å²) in [6, 6.07) is 16.1. The number of benzene rings is 2. The van der Waals surface area contributed by atoms with Gasteiger partial charge in [0.05, 0.1) is 18.8 Å². The van der Waals surface area contributed by atoms with Crippen molar-refractivity contribution in [3.05, 3.63) is 100 Å². The Balaban J connectivity index is 1.66. The molecule has 0 atom stereocenters. The van der Waals surface area contributed by atoms with E-state index in [0.29, 0.717) is 23.4 Å². The Morgan fingerprint density at radius 3 is 2.73 bits per heavy atom. The van der Waals surface area contributed by atoms with E-state index >= 15 is 0 Å². The maximum Gasteiger partial charge on any atom is 0.322 e. The van der Waals surface area contributed by atoms with Gasteiger partial charge in [-0.3, -0.25) is 9.78 Å². The standard InChI is InChI=1S/C25H23FN4O3/c1-2-33-20-9-10-22-18(13-20)12-19(24(31)28-22)16-30(15-17-6-5-11-27-14-17)25(32)29-23-8-4-3-7-21(23)26/h3-14H,2,15-16H2,1H3,(H,28,31)(H,29,32). The SMILES string of the molecule is CCOc1ccc2[nH]c(=O)c(CN(Cc3cccnc3)C(=O)Nc3ccccc3F)cc2c1. The van der Waals surface area contributed by atoms with Crippen molar-refractivity contribution in [2.45, 2.75) is 20.0 Å². The monoisotopic (exact) mass is 446 g/mol. The highest BCUT2D eigenvalue weighted by molar-refractivity contribution is 5.89. The fraction of sp³-hybridized carbons (Fsp3) is 0.160. The van der Waals surface area contributed by atoms with Gasteiger partial charge in [0, 0.05) is 35.4 Å². The van der Waals surface area contributed by atoms with Crippen molar-refractivity contribution >= 4 is 22.6 Å². The first-order chi connectivity index (χ1) is 16.0. The number of hydrogen-bond donors (Lipinski definition) is 2. The number of aromatic amines is 1. The second kappa shape index (κ2) is 9.95. The largest absolute Gasteiger partial charge is 0.494 e. The van der Waals surface area contributed by atoms with Crippen molar-refractivity contribution in [1.29, 1.82) is 0 Å². The number of fused-ring (bicyclic) bond motifs is 1. The van der Waals surface area contributed by atoms with Crippen molar-refractivity contribution in [3.63, 3.8) is 0 Å². The number of nitrogens with zero attached hydrogens (tertiary/aromatic N) is 2. The first-order valence-corrected chi connectivity index (χ1v) is 10.5. The number of rotatable bonds is 7. The number of para-hydroxylation sites is 1. The Labute approximate surface area is 189 Å². The minimum Gasteiger partial charge on any atom is -0.494 e. The molecular weight excluding hydrogens is 423 g/mol. The van der Waals surface area contributed by atoms with Crippen LogP contribution in [0.3, 0.4) is 0 Å². The lowest BCUT2D eigenvalue weighted by Gasteiger charge is -2.23. The van der Waals surface area contributed by atoms with E-state index in [4.69, 9.17) is 4.74 Å². The molecular formula is C25H23FN4O3. The van der Waals surface area contributed by atoms with Gasteiger partial charge in [-0.25, -0.2) is 9.18 Å². The second-order valence-corrected chi connectivity index (χ2v) is 7.43. The molecule has 0 spiro atoms. The van der Waals surface area contributed by atoms with E-state index in [1.807, 2.05) is 19.1 Å². The minimum atomic E-state index is -0.542. The molecule has 8 heteroatoms. The van der Waals surface area contributed by atoms with E-state index < -0.39 is 11.8 Å². The number of amides is 2. The number of ether oxygens (including phenoxy) is 1. The first-order valence-electron chi connectivity index (χ1n) is 10.5. The van der Waals surface area contributed by atoms with Gasteiger partial charge in [0.2, 0.25) is 0 Å². The molecule has 0 unspecified atom stereocenters. The smallest absolute Gasteiger partial charge is 0.322 e. The average Bonchev–Trinajstić information content (AvgIpc) is 2.81. The van der Waals surface area contributed by atoms with Crippen molar-refractivity contribution < 1.29 is 13.9 Å². The number of halogens is 1. The van der Waals surface area contributed by atoms with Crippen molar-refractivity contribution in [1.82, 2.24) is 14.9 Å². The van der Waals surface area contributed by atoms with Crippen LogP contribution >= 0.6 is 0 Å². The fourth-order valence-electron chi connectivity index (χ4n) is 3.48. The van der Waals surface area contributed by atoms with E-state index in [9.17, 15) is 14.0 Å². The Morgan fingerprint density at radius 2 is 1.97 bits per heavy atom. The molecule has 4 aromatic rings. The van der Waals surface area contributed by atoms with Crippen LogP contribution < -0.4 is 15.6 Å². The summed E-state index contributed by atoms with van der Waals surface area (Å²) < 4.78 is 19.6. The van der Waals surface area contributed by atoms with E-state index in [1.165, 1.54) is 17.0 Å². The predicted molar refractivity (Wildman–Crippen MR) is 125 cm³/mol. The summed E-state index contributed by atoms with van der Waals surface area (Å²) in [4.78, 5) is 34.2. The molecule has 0 fully saturated rings. The molecule has 0 saturated carbocycles. The van der Waals surface area contributed by atoms with E-state index in [0.717, 1.165) is 10.9 Å². The molecule has 0 aliphatic carbocycles. The second-order valence-electron chi connectivity index (χ2n) is 7.43. The lowest BCUT2D eigenvalue weighted by atomic mass is 10.1. The van der Waals surface area contributed by atoms with Crippen LogP contribution in [0.15, 0.2) is 77.9 Å². The average molecular weight is 446 g/mol. The molecule has 2 aromatic heterocycles. The molecule has 0 saturated heterocycles. The van der Waals surface area contributed by atoms with Crippen molar-refractivity contribution in [2.24, 2.45) is 0 Å². The summed E-state index contributed by atoms with van der Waals surface area (Å²) in [5.41, 5.74) is 1.59. The number of anilines is 1. The predicted octanol–water partition coefficient (Wildman–Crippen LogP) is 4.70. The Kier molecular flexibility index (Phi) is 6.64. The summed E-state index contributed by atoms with van der Waals surface area (Å²) in [5, 5.41) is 3.38. The third-order valence-electron chi connectivity index (χ3n) is 5.06. The Morgan fingerprint density at radius 1 is 1.12 bits per heavy atom. The van der Waals surface area contributed by atoms with Crippen LogP contribution in [0.5, 0.6) is 5.75 Å². The molecule has 0 bridgehead atoms. The third kappa shape index (κ3) is 5.35. The van der Waals surface area contributed by atoms with Crippen LogP contribution in [0.1, 0.15) is 18.1 Å². The van der Waals surface area contributed by atoms with Crippen LogP contribution in [0.2, 0.25) is 0 Å². The number of H-pyrrole nitrogens is 1. The number of hydrogen-bond acceptors (Lipinski definition) is 4. The molecule has 7 nitrogen and oxygen atoms in total. The lowest BCUT2D eigenvalue weighted by Crippen LogP contribution is -2.36. The van der Waals surface area contributed by atoms with Gasteiger partial charge in [-0.15, -0.1) is 0 Å². The zero-order valence-electron chi connectivity index (χ0n) is 18.0. The number of urea groups is 1. The zero-order chi connectivity index (χ0) is 23.2. The number of aromatic nitrogens is 2. The number of pyridine rings is 2. The number of carbonyl (C=O) groups excluding carboxylic acids is 1. The Hall–Kier alpha value is -4.20. The summed E-state index contributed by atoms with van der Waals surface area (Å²) in [5.74, 6) is 0.145. The van der Waals surface area contributed by atoms with Crippen LogP contribution in [0.4, 0.5) is 14.9 Å². The molecule has 0 aliphatic rings. The molecule has 0 aliphatic heterocycles. The van der Waals surface area contributed by atoms with Crippen LogP contribution in [0, 0.1) is 5.82 Å². The van der Waals surface area contributed by atoms with E-state index in [2.05, 4.69) is 15.3 Å². The summed E-state index contributed by atoms with van der Waals surface area (Å²) in [7, 11) is 0. The first kappa shape index (κ1) is 22.0. The fourth-order valence-corrected chi connectivity index (χ4v) is 3.48. The Bertz CT molecular complexity index is 1320. The molecule has 2 aromatic carbocycles. The minimum absolute atomic E-state index is 0.0132. The van der Waals surface area contributed by atoms with Gasteiger partial charge in [0.15, 0.2) is 0 Å². The number of carbonyl (C=O) groups is 1. The summed E-state index contributed by atoms with van der Waals surface area (Å²) in [6.45, 7) is 2.62. The normalized spacial score (nSPS) is 10.7. The van der Waals surface area contributed by atoms with Crippen LogP contribution in [-0.2, 0) is 13.1 Å². The van der Waals surface area contributed by atoms with Crippen molar-refractivity contribution in [2.75, 3.05) is 11.9 Å². The van der Waals surface area contributed by atoms with Gasteiger partial charge in [0.1, 0.15) is 11.6 Å². The van der Waals surface area contributed by atoms with Gasteiger partial charge in [-0.1, -0.05) is 18.2 Å². The maximum atomic E-state index is 14.1. The van der Waals surface area contributed by atoms with Gasteiger partial charge in [-0.05, 0) is 55.0 Å². The highest BCUT2D eigenvalue weighted by Crippen LogP contribution is 2.21. The van der Waals surface area contributed by atoms with Crippen molar-refractivity contribution in [3.8, 4) is 5.75 Å². The molecule has 2 heterocycles. The van der Waals surface area contributed by atoms with Gasteiger partial charge < -0.3 is 19.9 Å². The third-order valence-corrected chi connectivity index (χ3v) is 5.06. The topological polar surface area (TPSA) is 87.3 Å². The van der Waals surface area contributed by atoms with Gasteiger partial charge in [-0.2, -0.15) is 0 Å². The quantitative estimate of drug-likeness (QED) is 0.431. The molecule has 0 radical (unpaired) electrons. The molecule has 2 N–H and O–H groups in total. The summed E-state index contributed by atoms with van der Waals surface area (Å²) in [6.07, 6.45) is 3.28. The number of nitrogens with one attached hydrogen (secondary N) is 2.